The minimum atomic E-state index is -0.703. The molecule has 2 rings (SSSR count). The zero-order valence-corrected chi connectivity index (χ0v) is 19.8. The maximum atomic E-state index is 12.1. The molecule has 0 heterocycles. The SMILES string of the molecule is CCNC(=NCc1cccc(COC)c1)NC1CCCC(S(=O)CC)C1.I. The number of nitrogens with one attached hydrogen (secondary N) is 2. The van der Waals surface area contributed by atoms with E-state index in [1.807, 2.05) is 13.0 Å². The summed E-state index contributed by atoms with van der Waals surface area (Å²) in [6, 6.07) is 8.69. The maximum Gasteiger partial charge on any atom is 0.191 e. The van der Waals surface area contributed by atoms with Crippen LogP contribution >= 0.6 is 24.0 Å². The molecule has 0 saturated heterocycles. The Morgan fingerprint density at radius 1 is 1.30 bits per heavy atom. The highest BCUT2D eigenvalue weighted by Gasteiger charge is 2.25. The largest absolute Gasteiger partial charge is 0.380 e. The molecule has 1 aromatic carbocycles. The Morgan fingerprint density at radius 2 is 2.07 bits per heavy atom. The van der Waals surface area contributed by atoms with Crippen LogP contribution in [-0.4, -0.2) is 40.9 Å². The van der Waals surface area contributed by atoms with Crippen LogP contribution in [0.2, 0.25) is 0 Å². The lowest BCUT2D eigenvalue weighted by Crippen LogP contribution is -2.46. The number of benzene rings is 1. The fourth-order valence-corrected chi connectivity index (χ4v) is 4.77. The first-order chi connectivity index (χ1) is 12.7. The van der Waals surface area contributed by atoms with Crippen molar-refractivity contribution in [1.29, 1.82) is 0 Å². The molecule has 3 unspecified atom stereocenters. The van der Waals surface area contributed by atoms with Crippen LogP contribution in [0.3, 0.4) is 0 Å². The highest BCUT2D eigenvalue weighted by atomic mass is 127. The second-order valence-electron chi connectivity index (χ2n) is 6.75. The molecule has 5 nitrogen and oxygen atoms in total. The standard InChI is InChI=1S/C20H33N3O2S.HI/c1-4-21-20(22-14-16-8-6-9-17(12-16)15-25-3)23-18-10-7-11-19(13-18)26(24)5-2;/h6,8-9,12,18-19H,4-5,7,10-11,13-15H2,1-3H3,(H2,21,22,23);1H. The van der Waals surface area contributed by atoms with Crippen LogP contribution in [0.15, 0.2) is 29.3 Å². The first kappa shape index (κ1) is 24.4. The number of methoxy groups -OCH3 is 1. The van der Waals surface area contributed by atoms with Gasteiger partial charge in [0.15, 0.2) is 5.96 Å². The van der Waals surface area contributed by atoms with Crippen LogP contribution in [-0.2, 0) is 28.7 Å². The van der Waals surface area contributed by atoms with E-state index in [4.69, 9.17) is 9.73 Å². The summed E-state index contributed by atoms with van der Waals surface area (Å²) in [7, 11) is 1.01. The number of aliphatic imine (C=N–C) groups is 1. The molecule has 3 atom stereocenters. The van der Waals surface area contributed by atoms with Gasteiger partial charge in [0.25, 0.3) is 0 Å². The van der Waals surface area contributed by atoms with Crippen molar-refractivity contribution in [3.63, 3.8) is 0 Å². The van der Waals surface area contributed by atoms with Crippen molar-refractivity contribution in [3.8, 4) is 0 Å². The van der Waals surface area contributed by atoms with Gasteiger partial charge in [-0.25, -0.2) is 4.99 Å². The molecule has 0 radical (unpaired) electrons. The molecule has 1 saturated carbocycles. The summed E-state index contributed by atoms with van der Waals surface area (Å²) >= 11 is 0. The topological polar surface area (TPSA) is 62.7 Å². The monoisotopic (exact) mass is 507 g/mol. The van der Waals surface area contributed by atoms with E-state index in [9.17, 15) is 4.21 Å². The van der Waals surface area contributed by atoms with E-state index in [1.54, 1.807) is 7.11 Å². The van der Waals surface area contributed by atoms with Gasteiger partial charge in [-0.2, -0.15) is 0 Å². The molecular weight excluding hydrogens is 473 g/mol. The Balaban J connectivity index is 0.00000364. The fourth-order valence-electron chi connectivity index (χ4n) is 3.42. The predicted octanol–water partition coefficient (Wildman–Crippen LogP) is 3.59. The lowest BCUT2D eigenvalue weighted by atomic mass is 9.95. The van der Waals surface area contributed by atoms with Crippen molar-refractivity contribution in [2.75, 3.05) is 19.4 Å². The van der Waals surface area contributed by atoms with E-state index < -0.39 is 10.8 Å². The minimum absolute atomic E-state index is 0. The first-order valence-corrected chi connectivity index (χ1v) is 11.0. The minimum Gasteiger partial charge on any atom is -0.380 e. The molecule has 154 valence electrons. The van der Waals surface area contributed by atoms with Crippen LogP contribution in [0.1, 0.15) is 50.7 Å². The molecule has 7 heteroatoms. The number of hydrogen-bond acceptors (Lipinski definition) is 3. The van der Waals surface area contributed by atoms with Gasteiger partial charge in [0.1, 0.15) is 0 Å². The average Bonchev–Trinajstić information content (AvgIpc) is 2.66. The summed E-state index contributed by atoms with van der Waals surface area (Å²) in [5, 5.41) is 7.21. The van der Waals surface area contributed by atoms with Gasteiger partial charge in [0.05, 0.1) is 13.2 Å². The Labute approximate surface area is 183 Å². The van der Waals surface area contributed by atoms with Gasteiger partial charge < -0.3 is 15.4 Å². The van der Waals surface area contributed by atoms with Crippen molar-refractivity contribution < 1.29 is 8.95 Å². The summed E-state index contributed by atoms with van der Waals surface area (Å²) in [6.45, 7) is 6.16. The van der Waals surface area contributed by atoms with Crippen molar-refractivity contribution >= 4 is 40.7 Å². The number of halogens is 1. The van der Waals surface area contributed by atoms with Gasteiger partial charge in [-0.1, -0.05) is 37.6 Å². The van der Waals surface area contributed by atoms with Crippen LogP contribution in [0.25, 0.3) is 0 Å². The smallest absolute Gasteiger partial charge is 0.191 e. The van der Waals surface area contributed by atoms with Crippen molar-refractivity contribution in [3.05, 3.63) is 35.4 Å². The highest BCUT2D eigenvalue weighted by Crippen LogP contribution is 2.23. The Kier molecular flexibility index (Phi) is 12.2. The normalized spacial score (nSPS) is 21.2. The molecule has 0 spiro atoms. The molecule has 1 fully saturated rings. The second kappa shape index (κ2) is 13.5. The summed E-state index contributed by atoms with van der Waals surface area (Å²) < 4.78 is 17.3. The molecule has 1 aliphatic rings. The van der Waals surface area contributed by atoms with E-state index in [2.05, 4.69) is 35.8 Å². The Morgan fingerprint density at radius 3 is 2.78 bits per heavy atom. The van der Waals surface area contributed by atoms with E-state index in [1.165, 1.54) is 5.56 Å². The Hall–Kier alpha value is -0.670. The maximum absolute atomic E-state index is 12.1. The molecular formula is C20H34IN3O2S. The Bertz CT molecular complexity index is 613. The second-order valence-corrected chi connectivity index (χ2v) is 8.75. The zero-order chi connectivity index (χ0) is 18.8. The number of guanidine groups is 1. The molecule has 0 aliphatic heterocycles. The van der Waals surface area contributed by atoms with Gasteiger partial charge in [0, 0.05) is 41.5 Å². The first-order valence-electron chi connectivity index (χ1n) is 9.65. The number of hydrogen-bond donors (Lipinski definition) is 2. The molecule has 2 N–H and O–H groups in total. The van der Waals surface area contributed by atoms with E-state index >= 15 is 0 Å². The summed E-state index contributed by atoms with van der Waals surface area (Å²) in [6.07, 6.45) is 4.30. The molecule has 0 aromatic heterocycles. The third-order valence-electron chi connectivity index (χ3n) is 4.69. The number of ether oxygens (including phenoxy) is 1. The third kappa shape index (κ3) is 8.48. The van der Waals surface area contributed by atoms with Crippen molar-refractivity contribution in [2.24, 2.45) is 4.99 Å². The molecule has 27 heavy (non-hydrogen) atoms. The van der Waals surface area contributed by atoms with E-state index in [0.717, 1.165) is 49.5 Å². The van der Waals surface area contributed by atoms with Gasteiger partial charge in [-0.05, 0) is 37.3 Å². The molecule has 1 aromatic rings. The van der Waals surface area contributed by atoms with E-state index in [-0.39, 0.29) is 24.0 Å². The molecule has 1 aliphatic carbocycles. The zero-order valence-electron chi connectivity index (χ0n) is 16.7. The third-order valence-corrected chi connectivity index (χ3v) is 6.43. The summed E-state index contributed by atoms with van der Waals surface area (Å²) in [4.78, 5) is 4.75. The number of rotatable bonds is 8. The highest BCUT2D eigenvalue weighted by molar-refractivity contribution is 14.0. The van der Waals surface area contributed by atoms with Gasteiger partial charge in [-0.3, -0.25) is 4.21 Å². The van der Waals surface area contributed by atoms with Crippen molar-refractivity contribution in [1.82, 2.24) is 10.6 Å². The number of nitrogens with zero attached hydrogens (tertiary/aromatic N) is 1. The van der Waals surface area contributed by atoms with Crippen LogP contribution in [0, 0.1) is 0 Å². The van der Waals surface area contributed by atoms with Gasteiger partial charge in [0.2, 0.25) is 0 Å². The summed E-state index contributed by atoms with van der Waals surface area (Å²) in [5.41, 5.74) is 2.33. The molecule has 0 bridgehead atoms. The van der Waals surface area contributed by atoms with Gasteiger partial charge >= 0.3 is 0 Å². The quantitative estimate of drug-likeness (QED) is 0.321. The average molecular weight is 507 g/mol. The lowest BCUT2D eigenvalue weighted by Gasteiger charge is -2.30. The van der Waals surface area contributed by atoms with Crippen LogP contribution in [0.5, 0.6) is 0 Å². The van der Waals surface area contributed by atoms with E-state index in [0.29, 0.717) is 24.4 Å². The molecule has 0 amide bonds. The van der Waals surface area contributed by atoms with Crippen LogP contribution < -0.4 is 10.6 Å². The van der Waals surface area contributed by atoms with Gasteiger partial charge in [-0.15, -0.1) is 24.0 Å². The predicted molar refractivity (Wildman–Crippen MR) is 125 cm³/mol. The fraction of sp³-hybridized carbons (Fsp3) is 0.650. The lowest BCUT2D eigenvalue weighted by molar-refractivity contribution is 0.185. The summed E-state index contributed by atoms with van der Waals surface area (Å²) in [5.74, 6) is 1.60. The van der Waals surface area contributed by atoms with Crippen LogP contribution in [0.4, 0.5) is 0 Å². The van der Waals surface area contributed by atoms with Crippen molar-refractivity contribution in [2.45, 2.75) is 64.0 Å².